The van der Waals surface area contributed by atoms with Crippen LogP contribution in [-0.4, -0.2) is 26.3 Å². The Balaban J connectivity index is 2.24. The predicted molar refractivity (Wildman–Crippen MR) is 76.3 cm³/mol. The first-order valence-corrected chi connectivity index (χ1v) is 6.98. The minimum absolute atomic E-state index is 0.123. The number of rotatable bonds is 6. The summed E-state index contributed by atoms with van der Waals surface area (Å²) in [5, 5.41) is 8.65. The van der Waals surface area contributed by atoms with Gasteiger partial charge in [0, 0.05) is 25.9 Å². The Labute approximate surface area is 118 Å². The average Bonchev–Trinajstić information content (AvgIpc) is 3.01. The standard InChI is InChI=1S/C13H20ClN5/c1-4-9-12(14)11(19(3)18-9)8-10(15-5-2)13-16-6-7-17-13/h6-7,10,15H,4-5,8H2,1-3H3,(H,16,17). The second kappa shape index (κ2) is 6.21. The van der Waals surface area contributed by atoms with Crippen LogP contribution in [0.4, 0.5) is 0 Å². The van der Waals surface area contributed by atoms with Gasteiger partial charge >= 0.3 is 0 Å². The average molecular weight is 282 g/mol. The van der Waals surface area contributed by atoms with Crippen LogP contribution in [0.25, 0.3) is 0 Å². The predicted octanol–water partition coefficient (Wildman–Crippen LogP) is 2.25. The molecular formula is C13H20ClN5. The van der Waals surface area contributed by atoms with E-state index >= 15 is 0 Å². The third kappa shape index (κ3) is 2.98. The molecule has 19 heavy (non-hydrogen) atoms. The Morgan fingerprint density at radius 2 is 2.26 bits per heavy atom. The fraction of sp³-hybridized carbons (Fsp3) is 0.538. The van der Waals surface area contributed by atoms with E-state index in [-0.39, 0.29) is 6.04 Å². The van der Waals surface area contributed by atoms with E-state index in [0.717, 1.165) is 41.6 Å². The SMILES string of the molecule is CCNC(Cc1c(Cl)c(CC)nn1C)c1ncc[nH]1. The van der Waals surface area contributed by atoms with Gasteiger partial charge in [0.05, 0.1) is 22.5 Å². The number of halogens is 1. The van der Waals surface area contributed by atoms with E-state index < -0.39 is 0 Å². The lowest BCUT2D eigenvalue weighted by Gasteiger charge is -2.16. The van der Waals surface area contributed by atoms with E-state index in [9.17, 15) is 0 Å². The number of imidazole rings is 1. The minimum Gasteiger partial charge on any atom is -0.347 e. The molecule has 2 heterocycles. The summed E-state index contributed by atoms with van der Waals surface area (Å²) >= 11 is 6.39. The number of H-pyrrole nitrogens is 1. The van der Waals surface area contributed by atoms with Crippen molar-refractivity contribution in [2.75, 3.05) is 6.54 Å². The molecule has 2 aromatic heterocycles. The number of likely N-dealkylation sites (N-methyl/N-ethyl adjacent to an activating group) is 1. The first-order valence-electron chi connectivity index (χ1n) is 6.60. The first kappa shape index (κ1) is 14.1. The number of aryl methyl sites for hydroxylation is 2. The molecule has 0 aromatic carbocycles. The molecule has 2 N–H and O–H groups in total. The van der Waals surface area contributed by atoms with E-state index in [1.54, 1.807) is 6.20 Å². The van der Waals surface area contributed by atoms with Crippen molar-refractivity contribution in [1.82, 2.24) is 25.1 Å². The van der Waals surface area contributed by atoms with Crippen LogP contribution in [0.3, 0.4) is 0 Å². The highest BCUT2D eigenvalue weighted by atomic mass is 35.5. The number of hydrogen-bond acceptors (Lipinski definition) is 3. The van der Waals surface area contributed by atoms with Crippen LogP contribution in [0.5, 0.6) is 0 Å². The topological polar surface area (TPSA) is 58.5 Å². The van der Waals surface area contributed by atoms with Crippen LogP contribution in [0.15, 0.2) is 12.4 Å². The van der Waals surface area contributed by atoms with Gasteiger partial charge in [-0.15, -0.1) is 0 Å². The molecule has 2 aromatic rings. The maximum atomic E-state index is 6.39. The van der Waals surface area contributed by atoms with E-state index in [2.05, 4.69) is 34.2 Å². The highest BCUT2D eigenvalue weighted by molar-refractivity contribution is 6.31. The summed E-state index contributed by atoms with van der Waals surface area (Å²) in [5.74, 6) is 0.928. The van der Waals surface area contributed by atoms with Gasteiger partial charge in [-0.05, 0) is 13.0 Å². The van der Waals surface area contributed by atoms with Gasteiger partial charge < -0.3 is 10.3 Å². The smallest absolute Gasteiger partial charge is 0.123 e. The van der Waals surface area contributed by atoms with Crippen molar-refractivity contribution in [3.05, 3.63) is 34.6 Å². The Morgan fingerprint density at radius 3 is 2.79 bits per heavy atom. The third-order valence-electron chi connectivity index (χ3n) is 3.20. The lowest BCUT2D eigenvalue weighted by atomic mass is 10.1. The molecule has 1 atom stereocenters. The second-order valence-corrected chi connectivity index (χ2v) is 4.85. The van der Waals surface area contributed by atoms with Gasteiger partial charge in [-0.1, -0.05) is 25.4 Å². The molecule has 1 unspecified atom stereocenters. The highest BCUT2D eigenvalue weighted by Gasteiger charge is 2.20. The lowest BCUT2D eigenvalue weighted by Crippen LogP contribution is -2.25. The van der Waals surface area contributed by atoms with E-state index in [1.807, 2.05) is 17.9 Å². The monoisotopic (exact) mass is 281 g/mol. The molecule has 0 aliphatic rings. The Morgan fingerprint density at radius 1 is 1.47 bits per heavy atom. The maximum absolute atomic E-state index is 6.39. The van der Waals surface area contributed by atoms with Crippen LogP contribution in [0, 0.1) is 0 Å². The summed E-state index contributed by atoms with van der Waals surface area (Å²) in [7, 11) is 1.94. The molecule has 0 bridgehead atoms. The molecule has 0 amide bonds. The summed E-state index contributed by atoms with van der Waals surface area (Å²) in [4.78, 5) is 7.48. The molecule has 0 aliphatic carbocycles. The summed E-state index contributed by atoms with van der Waals surface area (Å²) in [5.41, 5.74) is 2.00. The van der Waals surface area contributed by atoms with Crippen molar-refractivity contribution in [3.8, 4) is 0 Å². The maximum Gasteiger partial charge on any atom is 0.123 e. The molecule has 0 saturated carbocycles. The Kier molecular flexibility index (Phi) is 4.61. The molecule has 0 fully saturated rings. The lowest BCUT2D eigenvalue weighted by molar-refractivity contribution is 0.508. The van der Waals surface area contributed by atoms with Crippen molar-refractivity contribution in [3.63, 3.8) is 0 Å². The fourth-order valence-corrected chi connectivity index (χ4v) is 2.59. The van der Waals surface area contributed by atoms with E-state index in [1.165, 1.54) is 0 Å². The summed E-state index contributed by atoms with van der Waals surface area (Å²) in [6.45, 7) is 5.02. The normalized spacial score (nSPS) is 12.8. The van der Waals surface area contributed by atoms with Gasteiger partial charge in [-0.3, -0.25) is 4.68 Å². The molecule has 5 nitrogen and oxygen atoms in total. The van der Waals surface area contributed by atoms with Gasteiger partial charge in [-0.25, -0.2) is 4.98 Å². The van der Waals surface area contributed by atoms with Crippen LogP contribution in [0.2, 0.25) is 5.02 Å². The molecule has 0 radical (unpaired) electrons. The van der Waals surface area contributed by atoms with Crippen LogP contribution >= 0.6 is 11.6 Å². The number of hydrogen-bond donors (Lipinski definition) is 2. The Bertz CT molecular complexity index is 517. The largest absolute Gasteiger partial charge is 0.347 e. The fourth-order valence-electron chi connectivity index (χ4n) is 2.21. The molecule has 0 aliphatic heterocycles. The van der Waals surface area contributed by atoms with Crippen molar-refractivity contribution in [1.29, 1.82) is 0 Å². The Hall–Kier alpha value is -1.33. The van der Waals surface area contributed by atoms with Crippen molar-refractivity contribution in [2.24, 2.45) is 7.05 Å². The highest BCUT2D eigenvalue weighted by Crippen LogP contribution is 2.25. The zero-order chi connectivity index (χ0) is 13.8. The van der Waals surface area contributed by atoms with Crippen LogP contribution in [-0.2, 0) is 19.9 Å². The molecule has 104 valence electrons. The van der Waals surface area contributed by atoms with Gasteiger partial charge in [0.25, 0.3) is 0 Å². The zero-order valence-electron chi connectivity index (χ0n) is 11.6. The molecular weight excluding hydrogens is 262 g/mol. The van der Waals surface area contributed by atoms with Crippen LogP contribution < -0.4 is 5.32 Å². The van der Waals surface area contributed by atoms with Gasteiger partial charge in [-0.2, -0.15) is 5.10 Å². The number of aromatic nitrogens is 4. The summed E-state index contributed by atoms with van der Waals surface area (Å²) in [6, 6.07) is 0.123. The molecule has 6 heteroatoms. The molecule has 0 saturated heterocycles. The van der Waals surface area contributed by atoms with Gasteiger partial charge in [0.2, 0.25) is 0 Å². The van der Waals surface area contributed by atoms with Gasteiger partial charge in [0.1, 0.15) is 5.82 Å². The van der Waals surface area contributed by atoms with Gasteiger partial charge in [0.15, 0.2) is 0 Å². The number of nitrogens with zero attached hydrogens (tertiary/aromatic N) is 3. The van der Waals surface area contributed by atoms with E-state index in [0.29, 0.717) is 0 Å². The molecule has 2 rings (SSSR count). The van der Waals surface area contributed by atoms with Crippen molar-refractivity contribution >= 4 is 11.6 Å². The third-order valence-corrected chi connectivity index (χ3v) is 3.64. The van der Waals surface area contributed by atoms with E-state index in [4.69, 9.17) is 11.6 Å². The summed E-state index contributed by atoms with van der Waals surface area (Å²) < 4.78 is 1.87. The van der Waals surface area contributed by atoms with Crippen molar-refractivity contribution < 1.29 is 0 Å². The minimum atomic E-state index is 0.123. The van der Waals surface area contributed by atoms with Crippen molar-refractivity contribution in [2.45, 2.75) is 32.7 Å². The number of aromatic amines is 1. The zero-order valence-corrected chi connectivity index (χ0v) is 12.3. The second-order valence-electron chi connectivity index (χ2n) is 4.47. The quantitative estimate of drug-likeness (QED) is 0.854. The summed E-state index contributed by atoms with van der Waals surface area (Å²) in [6.07, 6.45) is 5.22. The molecule has 0 spiro atoms. The van der Waals surface area contributed by atoms with Crippen LogP contribution in [0.1, 0.15) is 37.1 Å². The number of nitrogens with one attached hydrogen (secondary N) is 2. The first-order chi connectivity index (χ1) is 9.17.